The second-order valence-electron chi connectivity index (χ2n) is 4.25. The summed E-state index contributed by atoms with van der Waals surface area (Å²) < 4.78 is 23.8. The van der Waals surface area contributed by atoms with Crippen LogP contribution in [0.5, 0.6) is 0 Å². The van der Waals surface area contributed by atoms with Crippen molar-refractivity contribution >= 4 is 7.82 Å². The van der Waals surface area contributed by atoms with Crippen LogP contribution in [0, 0.1) is 0 Å². The molecular formula is C9H10NNa2O10P. The molecule has 2 rings (SSSR count). The number of phosphoric ester groups is 1. The number of hydrogen-bond donors (Lipinski definition) is 3. The van der Waals surface area contributed by atoms with Gasteiger partial charge in [0.1, 0.15) is 30.7 Å². The smallest absolute Gasteiger partial charge is 0.790 e. The van der Waals surface area contributed by atoms with Crippen molar-refractivity contribution in [1.82, 2.24) is 4.98 Å². The number of aliphatic hydroxyl groups is 2. The summed E-state index contributed by atoms with van der Waals surface area (Å²) in [5.74, 6) is -1.02. The SMILES string of the molecule is O=c1[nH]c(=O)c(C2OC(COP(=O)([O-])[O-])C(O)C2O)co1.[Na+].[Na+]. The van der Waals surface area contributed by atoms with Crippen LogP contribution in [0.1, 0.15) is 11.7 Å². The molecule has 4 unspecified atom stereocenters. The predicted octanol–water partition coefficient (Wildman–Crippen LogP) is -9.66. The maximum absolute atomic E-state index is 11.5. The van der Waals surface area contributed by atoms with Gasteiger partial charge in [-0.1, -0.05) is 0 Å². The van der Waals surface area contributed by atoms with Crippen molar-refractivity contribution in [1.29, 1.82) is 0 Å². The average molecular weight is 369 g/mol. The zero-order valence-electron chi connectivity index (χ0n) is 12.2. The Hall–Kier alpha value is 0.670. The number of nitrogens with one attached hydrogen (secondary N) is 1. The first-order valence-electron chi connectivity index (χ1n) is 5.59. The Labute approximate surface area is 172 Å². The van der Waals surface area contributed by atoms with E-state index in [-0.39, 0.29) is 64.7 Å². The maximum atomic E-state index is 11.5. The third kappa shape index (κ3) is 6.15. The summed E-state index contributed by atoms with van der Waals surface area (Å²) in [6, 6.07) is 0. The summed E-state index contributed by atoms with van der Waals surface area (Å²) in [4.78, 5) is 44.8. The fourth-order valence-electron chi connectivity index (χ4n) is 1.87. The van der Waals surface area contributed by atoms with Crippen molar-refractivity contribution in [2.75, 3.05) is 6.61 Å². The van der Waals surface area contributed by atoms with E-state index in [2.05, 4.69) is 8.94 Å². The number of ether oxygens (including phenoxy) is 1. The van der Waals surface area contributed by atoms with E-state index in [1.165, 1.54) is 0 Å². The molecule has 1 aromatic heterocycles. The van der Waals surface area contributed by atoms with Gasteiger partial charge in [-0.3, -0.25) is 9.78 Å². The van der Waals surface area contributed by atoms with E-state index in [4.69, 9.17) is 4.74 Å². The first-order chi connectivity index (χ1) is 9.69. The molecule has 118 valence electrons. The van der Waals surface area contributed by atoms with E-state index in [1.807, 2.05) is 0 Å². The second-order valence-corrected chi connectivity index (χ2v) is 5.40. The van der Waals surface area contributed by atoms with Crippen LogP contribution < -0.4 is 80.2 Å². The average Bonchev–Trinajstić information content (AvgIpc) is 2.64. The van der Waals surface area contributed by atoms with Crippen LogP contribution in [0.4, 0.5) is 0 Å². The molecule has 1 saturated heterocycles. The van der Waals surface area contributed by atoms with Gasteiger partial charge in [-0.05, 0) is 0 Å². The van der Waals surface area contributed by atoms with Gasteiger partial charge in [0, 0.05) is 0 Å². The number of H-pyrrole nitrogens is 1. The summed E-state index contributed by atoms with van der Waals surface area (Å²) in [6.45, 7) is -0.826. The zero-order chi connectivity index (χ0) is 15.8. The minimum absolute atomic E-state index is 0. The monoisotopic (exact) mass is 369 g/mol. The van der Waals surface area contributed by atoms with Crippen LogP contribution >= 0.6 is 7.82 Å². The standard InChI is InChI=1S/C9H12NO10P.2Na/c11-5-4(2-19-21(15,16)17)20-7(6(5)12)3-1-18-9(14)10-8(3)13;;/h1,4-7,11-12H,2H2,(H,10,13,14)(H2,15,16,17);;/q;2*+1/p-2. The van der Waals surface area contributed by atoms with Gasteiger partial charge in [-0.2, -0.15) is 0 Å². The molecule has 0 bridgehead atoms. The van der Waals surface area contributed by atoms with Crippen LogP contribution in [-0.2, 0) is 13.8 Å². The van der Waals surface area contributed by atoms with Gasteiger partial charge in [0.2, 0.25) is 0 Å². The minimum Gasteiger partial charge on any atom is -0.790 e. The molecule has 1 aliphatic rings. The number of aromatic amines is 1. The van der Waals surface area contributed by atoms with Crippen LogP contribution in [0.3, 0.4) is 0 Å². The molecule has 11 nitrogen and oxygen atoms in total. The maximum Gasteiger partial charge on any atom is 1.00 e. The molecule has 0 amide bonds. The van der Waals surface area contributed by atoms with Crippen molar-refractivity contribution in [2.24, 2.45) is 0 Å². The molecule has 3 N–H and O–H groups in total. The first-order valence-corrected chi connectivity index (χ1v) is 7.05. The first kappa shape index (κ1) is 23.7. The van der Waals surface area contributed by atoms with Gasteiger partial charge in [0.25, 0.3) is 5.56 Å². The van der Waals surface area contributed by atoms with E-state index < -0.39 is 50.2 Å². The second kappa shape index (κ2) is 9.39. The third-order valence-electron chi connectivity index (χ3n) is 2.84. The molecular weight excluding hydrogens is 359 g/mol. The Morgan fingerprint density at radius 1 is 1.26 bits per heavy atom. The summed E-state index contributed by atoms with van der Waals surface area (Å²) in [5.41, 5.74) is -1.18. The zero-order valence-corrected chi connectivity index (χ0v) is 17.1. The van der Waals surface area contributed by atoms with Gasteiger partial charge in [-0.15, -0.1) is 0 Å². The number of phosphoric acid groups is 1. The number of rotatable bonds is 4. The predicted molar refractivity (Wildman–Crippen MR) is 58.8 cm³/mol. The fourth-order valence-corrected chi connectivity index (χ4v) is 2.20. The van der Waals surface area contributed by atoms with Crippen molar-refractivity contribution in [2.45, 2.75) is 24.4 Å². The van der Waals surface area contributed by atoms with E-state index in [0.717, 1.165) is 6.26 Å². The Balaban J connectivity index is 0.00000242. The third-order valence-corrected chi connectivity index (χ3v) is 3.30. The van der Waals surface area contributed by atoms with Gasteiger partial charge in [0.15, 0.2) is 0 Å². The van der Waals surface area contributed by atoms with Crippen LogP contribution in [0.15, 0.2) is 20.3 Å². The molecule has 2 heterocycles. The van der Waals surface area contributed by atoms with Crippen molar-refractivity contribution in [3.63, 3.8) is 0 Å². The van der Waals surface area contributed by atoms with E-state index in [9.17, 15) is 34.2 Å². The molecule has 0 aromatic carbocycles. The molecule has 1 aromatic rings. The quantitative estimate of drug-likeness (QED) is 0.340. The molecule has 0 spiro atoms. The summed E-state index contributed by atoms with van der Waals surface area (Å²) >= 11 is 0. The minimum atomic E-state index is -5.27. The molecule has 1 fully saturated rings. The molecule has 4 atom stereocenters. The Morgan fingerprint density at radius 2 is 1.87 bits per heavy atom. The molecule has 14 heteroatoms. The topological polar surface area (TPSA) is 185 Å². The molecule has 0 radical (unpaired) electrons. The molecule has 1 aliphatic heterocycles. The molecule has 0 aliphatic carbocycles. The van der Waals surface area contributed by atoms with Crippen LogP contribution in [0.25, 0.3) is 0 Å². The van der Waals surface area contributed by atoms with E-state index >= 15 is 0 Å². The van der Waals surface area contributed by atoms with Gasteiger partial charge >= 0.3 is 64.9 Å². The fraction of sp³-hybridized carbons (Fsp3) is 0.556. The van der Waals surface area contributed by atoms with E-state index in [1.54, 1.807) is 4.98 Å². The van der Waals surface area contributed by atoms with Gasteiger partial charge < -0.3 is 38.2 Å². The van der Waals surface area contributed by atoms with Crippen molar-refractivity contribution in [3.8, 4) is 0 Å². The normalized spacial score (nSPS) is 27.1. The number of aromatic nitrogens is 1. The van der Waals surface area contributed by atoms with Gasteiger partial charge in [-0.25, -0.2) is 4.79 Å². The van der Waals surface area contributed by atoms with Crippen molar-refractivity contribution in [3.05, 3.63) is 32.7 Å². The molecule has 23 heavy (non-hydrogen) atoms. The van der Waals surface area contributed by atoms with E-state index in [0.29, 0.717) is 0 Å². The molecule has 0 saturated carbocycles. The van der Waals surface area contributed by atoms with Crippen LogP contribution in [0.2, 0.25) is 0 Å². The van der Waals surface area contributed by atoms with Crippen molar-refractivity contribution < 1.29 is 97.4 Å². The summed E-state index contributed by atoms with van der Waals surface area (Å²) in [5, 5.41) is 19.5. The van der Waals surface area contributed by atoms with Crippen LogP contribution in [-0.4, -0.2) is 40.1 Å². The number of aliphatic hydroxyl groups excluding tert-OH is 2. The Morgan fingerprint density at radius 3 is 2.39 bits per heavy atom. The largest absolute Gasteiger partial charge is 1.00 e. The Bertz CT molecular complexity index is 671. The summed E-state index contributed by atoms with van der Waals surface area (Å²) in [6.07, 6.45) is -5.19. The summed E-state index contributed by atoms with van der Waals surface area (Å²) in [7, 11) is -5.27. The number of hydrogen-bond acceptors (Lipinski definition) is 10. The van der Waals surface area contributed by atoms with Gasteiger partial charge in [0.05, 0.1) is 20.0 Å². The Kier molecular flexibility index (Phi) is 9.66.